The van der Waals surface area contributed by atoms with E-state index in [4.69, 9.17) is 4.74 Å². The summed E-state index contributed by atoms with van der Waals surface area (Å²) in [7, 11) is 0. The molecule has 1 heterocycles. The van der Waals surface area contributed by atoms with Crippen LogP contribution in [0.1, 0.15) is 51.9 Å². The lowest BCUT2D eigenvalue weighted by molar-refractivity contribution is -0.148. The van der Waals surface area contributed by atoms with E-state index < -0.39 is 0 Å². The predicted octanol–water partition coefficient (Wildman–Crippen LogP) is 3.12. The Morgan fingerprint density at radius 2 is 2.19 bits per heavy atom. The van der Waals surface area contributed by atoms with Crippen LogP contribution >= 0.6 is 0 Å². The van der Waals surface area contributed by atoms with Gasteiger partial charge in [0.1, 0.15) is 6.10 Å². The average molecular weight is 287 g/mol. The van der Waals surface area contributed by atoms with Gasteiger partial charge < -0.3 is 10.1 Å². The normalized spacial score (nSPS) is 38.2. The summed E-state index contributed by atoms with van der Waals surface area (Å²) in [5.74, 6) is 1.30. The molecule has 0 aromatic heterocycles. The second-order valence-corrected chi connectivity index (χ2v) is 7.12. The maximum Gasteiger partial charge on any atom is 0.302 e. The quantitative estimate of drug-likeness (QED) is 0.595. The first kappa shape index (κ1) is 13.6. The van der Waals surface area contributed by atoms with Crippen LogP contribution in [0, 0.1) is 11.8 Å². The highest BCUT2D eigenvalue weighted by molar-refractivity contribution is 5.66. The summed E-state index contributed by atoms with van der Waals surface area (Å²) in [6.45, 7) is 2.58. The second kappa shape index (κ2) is 5.28. The Bertz CT molecular complexity index is 519. The molecular weight excluding hydrogens is 262 g/mol. The molecule has 0 spiro atoms. The number of carbonyl (C=O) groups is 1. The summed E-state index contributed by atoms with van der Waals surface area (Å²) in [5.41, 5.74) is 5.16. The Hall–Kier alpha value is -1.09. The lowest BCUT2D eigenvalue weighted by Gasteiger charge is -2.44. The van der Waals surface area contributed by atoms with E-state index >= 15 is 0 Å². The Balaban J connectivity index is 1.52. The molecule has 1 N–H and O–H groups in total. The van der Waals surface area contributed by atoms with Gasteiger partial charge in [0.2, 0.25) is 0 Å². The van der Waals surface area contributed by atoms with Crippen LogP contribution in [-0.4, -0.2) is 24.7 Å². The van der Waals surface area contributed by atoms with E-state index in [0.29, 0.717) is 12.0 Å². The molecule has 3 aliphatic carbocycles. The van der Waals surface area contributed by atoms with E-state index in [1.165, 1.54) is 39.0 Å². The molecule has 4 atom stereocenters. The monoisotopic (exact) mass is 287 g/mol. The van der Waals surface area contributed by atoms with E-state index in [9.17, 15) is 4.79 Å². The van der Waals surface area contributed by atoms with E-state index in [1.807, 2.05) is 0 Å². The van der Waals surface area contributed by atoms with E-state index in [-0.39, 0.29) is 12.1 Å². The van der Waals surface area contributed by atoms with Crippen LogP contribution in [0.2, 0.25) is 0 Å². The summed E-state index contributed by atoms with van der Waals surface area (Å²) in [6, 6.07) is 0.512. The van der Waals surface area contributed by atoms with Gasteiger partial charge in [-0.1, -0.05) is 17.2 Å². The molecule has 0 saturated heterocycles. The Morgan fingerprint density at radius 1 is 1.29 bits per heavy atom. The highest BCUT2D eigenvalue weighted by atomic mass is 16.5. The standard InChI is InChI=1S/C18H25NO2/c1-11(20)21-13-6-8-16-15-7-5-12-3-2-4-14(12)17(15)10-19-18(16)9-13/h5,13-14,16,18-19H,2-4,6-10H2,1H3. The van der Waals surface area contributed by atoms with Gasteiger partial charge in [0.25, 0.3) is 0 Å². The summed E-state index contributed by atoms with van der Waals surface area (Å²) in [6.07, 6.45) is 11.1. The Labute approximate surface area is 126 Å². The topological polar surface area (TPSA) is 38.3 Å². The van der Waals surface area contributed by atoms with Crippen molar-refractivity contribution in [2.45, 2.75) is 64.0 Å². The smallest absolute Gasteiger partial charge is 0.302 e. The summed E-state index contributed by atoms with van der Waals surface area (Å²) in [5, 5.41) is 3.76. The number of fused-ring (bicyclic) bond motifs is 4. The first-order valence-electron chi connectivity index (χ1n) is 8.53. The SMILES string of the molecule is CC(=O)OC1CCC2C3=C(CNC2C1)C1CCCC1=CC3. The van der Waals surface area contributed by atoms with Crippen molar-refractivity contribution in [3.05, 3.63) is 22.8 Å². The first-order chi connectivity index (χ1) is 10.2. The zero-order valence-corrected chi connectivity index (χ0v) is 12.9. The highest BCUT2D eigenvalue weighted by Crippen LogP contribution is 2.47. The third-order valence-electron chi connectivity index (χ3n) is 5.96. The zero-order chi connectivity index (χ0) is 14.4. The van der Waals surface area contributed by atoms with Gasteiger partial charge in [-0.05, 0) is 50.0 Å². The molecule has 21 heavy (non-hydrogen) atoms. The third-order valence-corrected chi connectivity index (χ3v) is 5.96. The van der Waals surface area contributed by atoms with Crippen molar-refractivity contribution in [2.24, 2.45) is 11.8 Å². The highest BCUT2D eigenvalue weighted by Gasteiger charge is 2.41. The molecule has 3 heteroatoms. The minimum Gasteiger partial charge on any atom is -0.463 e. The van der Waals surface area contributed by atoms with E-state index in [1.54, 1.807) is 16.7 Å². The van der Waals surface area contributed by atoms with Gasteiger partial charge in [-0.3, -0.25) is 4.79 Å². The molecule has 0 aromatic carbocycles. The van der Waals surface area contributed by atoms with E-state index in [0.717, 1.165) is 25.3 Å². The molecule has 114 valence electrons. The fraction of sp³-hybridized carbons (Fsp3) is 0.722. The lowest BCUT2D eigenvalue weighted by atomic mass is 9.69. The number of carbonyl (C=O) groups excluding carboxylic acids is 1. The third kappa shape index (κ3) is 2.36. The van der Waals surface area contributed by atoms with Gasteiger partial charge in [0.15, 0.2) is 0 Å². The number of allylic oxidation sites excluding steroid dienone is 2. The van der Waals surface area contributed by atoms with Gasteiger partial charge in [-0.15, -0.1) is 0 Å². The van der Waals surface area contributed by atoms with Gasteiger partial charge in [0.05, 0.1) is 0 Å². The predicted molar refractivity (Wildman–Crippen MR) is 81.8 cm³/mol. The van der Waals surface area contributed by atoms with Gasteiger partial charge >= 0.3 is 5.97 Å². The largest absolute Gasteiger partial charge is 0.463 e. The molecule has 0 bridgehead atoms. The average Bonchev–Trinajstić information content (AvgIpc) is 2.94. The fourth-order valence-electron chi connectivity index (χ4n) is 5.09. The molecule has 4 aliphatic rings. The van der Waals surface area contributed by atoms with Crippen molar-refractivity contribution < 1.29 is 9.53 Å². The molecule has 0 aromatic rings. The number of ether oxygens (including phenoxy) is 1. The molecule has 4 rings (SSSR count). The Morgan fingerprint density at radius 3 is 3.05 bits per heavy atom. The number of hydrogen-bond acceptors (Lipinski definition) is 3. The maximum absolute atomic E-state index is 11.2. The molecule has 0 amide bonds. The second-order valence-electron chi connectivity index (χ2n) is 7.12. The molecule has 2 saturated carbocycles. The van der Waals surface area contributed by atoms with Crippen LogP contribution < -0.4 is 5.32 Å². The number of nitrogens with one attached hydrogen (secondary N) is 1. The van der Waals surface area contributed by atoms with Crippen LogP contribution in [-0.2, 0) is 9.53 Å². The minimum absolute atomic E-state index is 0.125. The summed E-state index contributed by atoms with van der Waals surface area (Å²) in [4.78, 5) is 11.2. The van der Waals surface area contributed by atoms with Crippen molar-refractivity contribution in [1.29, 1.82) is 0 Å². The Kier molecular flexibility index (Phi) is 3.41. The van der Waals surface area contributed by atoms with Crippen molar-refractivity contribution in [3.8, 4) is 0 Å². The lowest BCUT2D eigenvalue weighted by Crippen LogP contribution is -2.49. The molecule has 4 unspecified atom stereocenters. The molecule has 3 nitrogen and oxygen atoms in total. The molecule has 1 aliphatic heterocycles. The first-order valence-corrected chi connectivity index (χ1v) is 8.53. The molecule has 2 fully saturated rings. The van der Waals surface area contributed by atoms with Crippen LogP contribution in [0.5, 0.6) is 0 Å². The van der Waals surface area contributed by atoms with Crippen LogP contribution in [0.15, 0.2) is 22.8 Å². The van der Waals surface area contributed by atoms with Gasteiger partial charge in [-0.25, -0.2) is 0 Å². The molecule has 0 radical (unpaired) electrons. The zero-order valence-electron chi connectivity index (χ0n) is 12.9. The van der Waals surface area contributed by atoms with Gasteiger partial charge in [-0.2, -0.15) is 0 Å². The van der Waals surface area contributed by atoms with Crippen LogP contribution in [0.4, 0.5) is 0 Å². The number of hydrogen-bond donors (Lipinski definition) is 1. The minimum atomic E-state index is -0.134. The van der Waals surface area contributed by atoms with Crippen LogP contribution in [0.3, 0.4) is 0 Å². The molecular formula is C18H25NO2. The maximum atomic E-state index is 11.2. The number of esters is 1. The van der Waals surface area contributed by atoms with Crippen molar-refractivity contribution in [2.75, 3.05) is 6.54 Å². The fourth-order valence-corrected chi connectivity index (χ4v) is 5.09. The van der Waals surface area contributed by atoms with Crippen molar-refractivity contribution in [3.63, 3.8) is 0 Å². The van der Waals surface area contributed by atoms with Crippen molar-refractivity contribution in [1.82, 2.24) is 5.32 Å². The van der Waals surface area contributed by atoms with Crippen molar-refractivity contribution >= 4 is 5.97 Å². The van der Waals surface area contributed by atoms with Gasteiger partial charge in [0, 0.05) is 31.8 Å². The van der Waals surface area contributed by atoms with E-state index in [2.05, 4.69) is 11.4 Å². The summed E-state index contributed by atoms with van der Waals surface area (Å²) < 4.78 is 5.44. The van der Waals surface area contributed by atoms with Crippen LogP contribution in [0.25, 0.3) is 0 Å². The number of rotatable bonds is 1. The summed E-state index contributed by atoms with van der Waals surface area (Å²) >= 11 is 0.